The van der Waals surface area contributed by atoms with E-state index < -0.39 is 10.0 Å². The van der Waals surface area contributed by atoms with E-state index in [9.17, 15) is 8.42 Å². The summed E-state index contributed by atoms with van der Waals surface area (Å²) in [5, 5.41) is 0. The van der Waals surface area contributed by atoms with Crippen molar-refractivity contribution in [3.05, 3.63) is 0 Å². The Balaban J connectivity index is 3.91. The maximum atomic E-state index is 11.5. The molecule has 0 amide bonds. The summed E-state index contributed by atoms with van der Waals surface area (Å²) in [6, 6.07) is 0. The Morgan fingerprint density at radius 1 is 1.40 bits per heavy atom. The van der Waals surface area contributed by atoms with Crippen LogP contribution in [0.1, 0.15) is 33.6 Å². The molecule has 0 aliphatic heterocycles. The van der Waals surface area contributed by atoms with Gasteiger partial charge in [-0.2, -0.15) is 0 Å². The average Bonchev–Trinajstić information content (AvgIpc) is 1.93. The van der Waals surface area contributed by atoms with Gasteiger partial charge in [0.15, 0.2) is 0 Å². The molecule has 0 fully saturated rings. The van der Waals surface area contributed by atoms with Crippen LogP contribution in [0.5, 0.6) is 0 Å². The summed E-state index contributed by atoms with van der Waals surface area (Å²) in [5.41, 5.74) is 5.07. The first-order valence-electron chi connectivity index (χ1n) is 4.88. The van der Waals surface area contributed by atoms with Crippen molar-refractivity contribution >= 4 is 27.2 Å². The molecule has 0 heterocycles. The molecule has 0 aliphatic rings. The fourth-order valence-corrected chi connectivity index (χ4v) is 2.95. The van der Waals surface area contributed by atoms with E-state index in [4.69, 9.17) is 18.0 Å². The first-order chi connectivity index (χ1) is 6.62. The highest BCUT2D eigenvalue weighted by molar-refractivity contribution is 7.89. The quantitative estimate of drug-likeness (QED) is 0.547. The standard InChI is InChI=1S/C9H20N2O2S2/c1-9(2,3)7-15(12,13)11-6-4-5-8(10)14/h11H,4-7H2,1-3H3,(H2,10,14). The topological polar surface area (TPSA) is 72.2 Å². The van der Waals surface area contributed by atoms with Gasteiger partial charge in [-0.3, -0.25) is 0 Å². The number of nitrogens with one attached hydrogen (secondary N) is 1. The van der Waals surface area contributed by atoms with Crippen LogP contribution in [0.15, 0.2) is 0 Å². The molecule has 0 atom stereocenters. The van der Waals surface area contributed by atoms with E-state index in [0.29, 0.717) is 24.4 Å². The van der Waals surface area contributed by atoms with E-state index in [0.717, 1.165) is 0 Å². The molecule has 90 valence electrons. The molecule has 0 saturated carbocycles. The van der Waals surface area contributed by atoms with E-state index in [1.54, 1.807) is 0 Å². The Hall–Kier alpha value is -0.200. The Kier molecular flexibility index (Phi) is 5.69. The van der Waals surface area contributed by atoms with Gasteiger partial charge in [-0.1, -0.05) is 33.0 Å². The summed E-state index contributed by atoms with van der Waals surface area (Å²) in [6.45, 7) is 6.07. The van der Waals surface area contributed by atoms with E-state index >= 15 is 0 Å². The average molecular weight is 252 g/mol. The molecule has 0 saturated heterocycles. The molecule has 0 bridgehead atoms. The number of nitrogens with two attached hydrogens (primary N) is 1. The molecule has 0 rings (SSSR count). The second-order valence-corrected chi connectivity index (χ2v) is 7.12. The van der Waals surface area contributed by atoms with Crippen LogP contribution in [-0.4, -0.2) is 25.7 Å². The summed E-state index contributed by atoms with van der Waals surface area (Å²) in [5.74, 6) is 0.132. The molecule has 3 N–H and O–H groups in total. The minimum atomic E-state index is -3.17. The highest BCUT2D eigenvalue weighted by Crippen LogP contribution is 2.15. The van der Waals surface area contributed by atoms with Gasteiger partial charge in [0.25, 0.3) is 0 Å². The van der Waals surface area contributed by atoms with Crippen LogP contribution in [0, 0.1) is 5.41 Å². The molecule has 6 heteroatoms. The lowest BCUT2D eigenvalue weighted by Gasteiger charge is -2.18. The Bertz CT molecular complexity index is 305. The van der Waals surface area contributed by atoms with Crippen LogP contribution in [-0.2, 0) is 10.0 Å². The number of hydrogen-bond acceptors (Lipinski definition) is 3. The van der Waals surface area contributed by atoms with Gasteiger partial charge in [0, 0.05) is 6.54 Å². The van der Waals surface area contributed by atoms with E-state index in [2.05, 4.69) is 4.72 Å². The number of hydrogen-bond donors (Lipinski definition) is 2. The second kappa shape index (κ2) is 5.77. The summed E-state index contributed by atoms with van der Waals surface area (Å²) in [7, 11) is -3.17. The predicted octanol–water partition coefficient (Wildman–Crippen LogP) is 1.02. The molecule has 0 aromatic carbocycles. The van der Waals surface area contributed by atoms with Crippen LogP contribution in [0.4, 0.5) is 0 Å². The van der Waals surface area contributed by atoms with Crippen molar-refractivity contribution in [1.82, 2.24) is 4.72 Å². The van der Waals surface area contributed by atoms with Crippen molar-refractivity contribution < 1.29 is 8.42 Å². The van der Waals surface area contributed by atoms with Crippen LogP contribution in [0.3, 0.4) is 0 Å². The lowest BCUT2D eigenvalue weighted by atomic mass is 10.0. The minimum absolute atomic E-state index is 0.132. The maximum Gasteiger partial charge on any atom is 0.212 e. The summed E-state index contributed by atoms with van der Waals surface area (Å²) < 4.78 is 25.6. The van der Waals surface area contributed by atoms with Crippen LogP contribution < -0.4 is 10.5 Å². The largest absolute Gasteiger partial charge is 0.393 e. The lowest BCUT2D eigenvalue weighted by molar-refractivity contribution is 0.458. The van der Waals surface area contributed by atoms with Gasteiger partial charge in [0.2, 0.25) is 10.0 Å². The van der Waals surface area contributed by atoms with Crippen molar-refractivity contribution in [2.45, 2.75) is 33.6 Å². The van der Waals surface area contributed by atoms with Crippen molar-refractivity contribution in [3.63, 3.8) is 0 Å². The summed E-state index contributed by atoms with van der Waals surface area (Å²) in [4.78, 5) is 0.421. The van der Waals surface area contributed by atoms with Gasteiger partial charge >= 0.3 is 0 Å². The molecule has 0 unspecified atom stereocenters. The number of rotatable bonds is 6. The van der Waals surface area contributed by atoms with Crippen LogP contribution >= 0.6 is 12.2 Å². The minimum Gasteiger partial charge on any atom is -0.393 e. The van der Waals surface area contributed by atoms with Crippen molar-refractivity contribution in [2.24, 2.45) is 11.1 Å². The Morgan fingerprint density at radius 2 is 1.93 bits per heavy atom. The summed E-state index contributed by atoms with van der Waals surface area (Å²) in [6.07, 6.45) is 1.23. The van der Waals surface area contributed by atoms with Crippen molar-refractivity contribution in [3.8, 4) is 0 Å². The molecule has 0 aromatic rings. The zero-order chi connectivity index (χ0) is 12.1. The fourth-order valence-electron chi connectivity index (χ4n) is 1.11. The monoisotopic (exact) mass is 252 g/mol. The third-order valence-electron chi connectivity index (χ3n) is 1.54. The van der Waals surface area contributed by atoms with Gasteiger partial charge in [-0.05, 0) is 18.3 Å². The third kappa shape index (κ3) is 10.1. The smallest absolute Gasteiger partial charge is 0.212 e. The maximum absolute atomic E-state index is 11.5. The van der Waals surface area contributed by atoms with Gasteiger partial charge in [-0.25, -0.2) is 13.1 Å². The third-order valence-corrected chi connectivity index (χ3v) is 3.64. The van der Waals surface area contributed by atoms with Crippen LogP contribution in [0.25, 0.3) is 0 Å². The highest BCUT2D eigenvalue weighted by atomic mass is 32.2. The molecular formula is C9H20N2O2S2. The predicted molar refractivity (Wildman–Crippen MR) is 67.3 cm³/mol. The summed E-state index contributed by atoms with van der Waals surface area (Å²) >= 11 is 4.69. The van der Waals surface area contributed by atoms with E-state index in [-0.39, 0.29) is 11.2 Å². The molecule has 4 nitrogen and oxygen atoms in total. The van der Waals surface area contributed by atoms with Gasteiger partial charge < -0.3 is 5.73 Å². The molecule has 0 radical (unpaired) electrons. The number of thiocarbonyl (C=S) groups is 1. The normalized spacial score (nSPS) is 12.7. The molecule has 0 aliphatic carbocycles. The number of sulfonamides is 1. The lowest BCUT2D eigenvalue weighted by Crippen LogP contribution is -2.33. The molecular weight excluding hydrogens is 232 g/mol. The zero-order valence-corrected chi connectivity index (χ0v) is 11.2. The first-order valence-corrected chi connectivity index (χ1v) is 6.94. The fraction of sp³-hybridized carbons (Fsp3) is 0.889. The Morgan fingerprint density at radius 3 is 2.33 bits per heavy atom. The van der Waals surface area contributed by atoms with Gasteiger partial charge in [-0.15, -0.1) is 0 Å². The SMILES string of the molecule is CC(C)(C)CS(=O)(=O)NCCCC(N)=S. The van der Waals surface area contributed by atoms with Gasteiger partial charge in [0.1, 0.15) is 0 Å². The zero-order valence-electron chi connectivity index (χ0n) is 9.54. The first kappa shape index (κ1) is 14.8. The van der Waals surface area contributed by atoms with E-state index in [1.807, 2.05) is 20.8 Å². The highest BCUT2D eigenvalue weighted by Gasteiger charge is 2.20. The van der Waals surface area contributed by atoms with Gasteiger partial charge in [0.05, 0.1) is 10.7 Å². The van der Waals surface area contributed by atoms with Crippen LogP contribution in [0.2, 0.25) is 0 Å². The molecule has 0 aromatic heterocycles. The Labute approximate surface area is 97.7 Å². The molecule has 0 spiro atoms. The van der Waals surface area contributed by atoms with E-state index in [1.165, 1.54) is 0 Å². The van der Waals surface area contributed by atoms with Crippen molar-refractivity contribution in [1.29, 1.82) is 0 Å². The van der Waals surface area contributed by atoms with Crippen molar-refractivity contribution in [2.75, 3.05) is 12.3 Å². The second-order valence-electron chi connectivity index (χ2n) is 4.78. The molecule has 15 heavy (non-hydrogen) atoms.